The van der Waals surface area contributed by atoms with Gasteiger partial charge >= 0.3 is 0 Å². The zero-order chi connectivity index (χ0) is 20.5. The van der Waals surface area contributed by atoms with Crippen molar-refractivity contribution in [1.82, 2.24) is 10.2 Å². The second-order valence-corrected chi connectivity index (χ2v) is 6.09. The third-order valence-corrected chi connectivity index (χ3v) is 3.96. The molecule has 0 heterocycles. The molecule has 150 valence electrons. The maximum atomic E-state index is 13.0. The van der Waals surface area contributed by atoms with Gasteiger partial charge in [0.05, 0.1) is 19.8 Å². The molecule has 2 aromatic carbocycles. The second kappa shape index (κ2) is 10.3. The highest BCUT2D eigenvalue weighted by Gasteiger charge is 2.14. The van der Waals surface area contributed by atoms with Crippen molar-refractivity contribution in [1.29, 1.82) is 0 Å². The average molecular weight is 388 g/mol. The second-order valence-electron chi connectivity index (χ2n) is 6.09. The number of hydrogen-bond donors (Lipinski definition) is 1. The Morgan fingerprint density at radius 3 is 2.29 bits per heavy atom. The van der Waals surface area contributed by atoms with E-state index in [0.717, 1.165) is 5.56 Å². The largest absolute Gasteiger partial charge is 0.490 e. The lowest BCUT2D eigenvalue weighted by molar-refractivity contribution is -0.129. The number of nitrogens with zero attached hydrogens (tertiary/aromatic N) is 1. The fourth-order valence-electron chi connectivity index (χ4n) is 2.54. The topological polar surface area (TPSA) is 67.9 Å². The van der Waals surface area contributed by atoms with Gasteiger partial charge in [-0.05, 0) is 49.7 Å². The lowest BCUT2D eigenvalue weighted by Crippen LogP contribution is -2.37. The molecule has 0 atom stereocenters. The number of ether oxygens (including phenoxy) is 2. The van der Waals surface area contributed by atoms with Crippen LogP contribution in [0.5, 0.6) is 11.5 Å². The van der Waals surface area contributed by atoms with Crippen LogP contribution in [0, 0.1) is 5.82 Å². The maximum Gasteiger partial charge on any atom is 0.251 e. The molecular formula is C21H25FN2O4. The highest BCUT2D eigenvalue weighted by molar-refractivity contribution is 5.97. The lowest BCUT2D eigenvalue weighted by atomic mass is 10.2. The molecule has 2 rings (SSSR count). The average Bonchev–Trinajstić information content (AvgIpc) is 2.69. The summed E-state index contributed by atoms with van der Waals surface area (Å²) in [4.78, 5) is 26.1. The molecule has 28 heavy (non-hydrogen) atoms. The van der Waals surface area contributed by atoms with Crippen molar-refractivity contribution < 1.29 is 23.5 Å². The first-order chi connectivity index (χ1) is 13.4. The monoisotopic (exact) mass is 388 g/mol. The molecule has 0 radical (unpaired) electrons. The van der Waals surface area contributed by atoms with Crippen molar-refractivity contribution in [3.05, 3.63) is 59.4 Å². The Morgan fingerprint density at radius 2 is 1.64 bits per heavy atom. The van der Waals surface area contributed by atoms with E-state index >= 15 is 0 Å². The summed E-state index contributed by atoms with van der Waals surface area (Å²) in [6.07, 6.45) is 0. The first-order valence-electron chi connectivity index (χ1n) is 9.10. The summed E-state index contributed by atoms with van der Waals surface area (Å²) in [7, 11) is 1.63. The molecule has 0 unspecified atom stereocenters. The predicted molar refractivity (Wildman–Crippen MR) is 104 cm³/mol. The minimum Gasteiger partial charge on any atom is -0.490 e. The van der Waals surface area contributed by atoms with Crippen molar-refractivity contribution in [2.45, 2.75) is 20.4 Å². The third-order valence-electron chi connectivity index (χ3n) is 3.96. The summed E-state index contributed by atoms with van der Waals surface area (Å²) in [5.41, 5.74) is 1.18. The summed E-state index contributed by atoms with van der Waals surface area (Å²) >= 11 is 0. The number of halogens is 1. The van der Waals surface area contributed by atoms with Crippen molar-refractivity contribution in [2.75, 3.05) is 26.8 Å². The van der Waals surface area contributed by atoms with Crippen LogP contribution in [-0.4, -0.2) is 43.5 Å². The number of benzene rings is 2. The smallest absolute Gasteiger partial charge is 0.251 e. The van der Waals surface area contributed by atoms with E-state index in [0.29, 0.717) is 36.8 Å². The van der Waals surface area contributed by atoms with Gasteiger partial charge in [0.2, 0.25) is 5.91 Å². The summed E-state index contributed by atoms with van der Waals surface area (Å²) in [6.45, 7) is 4.82. The van der Waals surface area contributed by atoms with Crippen LogP contribution in [0.25, 0.3) is 0 Å². The quantitative estimate of drug-likeness (QED) is 0.717. The van der Waals surface area contributed by atoms with Crippen LogP contribution < -0.4 is 14.8 Å². The molecule has 2 aromatic rings. The number of hydrogen-bond acceptors (Lipinski definition) is 4. The van der Waals surface area contributed by atoms with Crippen LogP contribution >= 0.6 is 0 Å². The molecule has 2 amide bonds. The van der Waals surface area contributed by atoms with Crippen LogP contribution in [0.1, 0.15) is 29.8 Å². The van der Waals surface area contributed by atoms with Crippen molar-refractivity contribution >= 4 is 11.8 Å². The highest BCUT2D eigenvalue weighted by atomic mass is 19.1. The predicted octanol–water partition coefficient (Wildman–Crippen LogP) is 3.01. The van der Waals surface area contributed by atoms with E-state index in [-0.39, 0.29) is 24.2 Å². The SMILES string of the molecule is CCOc1ccc(C(=O)NCC(=O)N(C)Cc2ccc(F)cc2)cc1OCC. The van der Waals surface area contributed by atoms with Crippen molar-refractivity contribution in [2.24, 2.45) is 0 Å². The van der Waals surface area contributed by atoms with Crippen LogP contribution in [0.4, 0.5) is 4.39 Å². The first-order valence-corrected chi connectivity index (χ1v) is 9.10. The number of rotatable bonds is 9. The zero-order valence-corrected chi connectivity index (χ0v) is 16.3. The van der Waals surface area contributed by atoms with Gasteiger partial charge in [-0.15, -0.1) is 0 Å². The van der Waals surface area contributed by atoms with E-state index in [4.69, 9.17) is 9.47 Å². The van der Waals surface area contributed by atoms with E-state index < -0.39 is 0 Å². The molecule has 0 saturated heterocycles. The summed E-state index contributed by atoms with van der Waals surface area (Å²) in [5.74, 6) is 0.0840. The molecule has 0 aliphatic heterocycles. The molecule has 7 heteroatoms. The summed E-state index contributed by atoms with van der Waals surface area (Å²) in [5, 5.41) is 2.61. The molecule has 0 aromatic heterocycles. The van der Waals surface area contributed by atoms with Gasteiger partial charge < -0.3 is 19.7 Å². The number of carbonyl (C=O) groups excluding carboxylic acids is 2. The van der Waals surface area contributed by atoms with Gasteiger partial charge in [0.1, 0.15) is 5.82 Å². The first kappa shape index (κ1) is 21.2. The fraction of sp³-hybridized carbons (Fsp3) is 0.333. The van der Waals surface area contributed by atoms with E-state index in [1.165, 1.54) is 17.0 Å². The van der Waals surface area contributed by atoms with E-state index in [2.05, 4.69) is 5.32 Å². The van der Waals surface area contributed by atoms with Crippen LogP contribution in [0.2, 0.25) is 0 Å². The Kier molecular flexibility index (Phi) is 7.80. The number of carbonyl (C=O) groups is 2. The van der Waals surface area contributed by atoms with Gasteiger partial charge in [-0.3, -0.25) is 9.59 Å². The Morgan fingerprint density at radius 1 is 1.00 bits per heavy atom. The van der Waals surface area contributed by atoms with Gasteiger partial charge in [0, 0.05) is 19.2 Å². The third kappa shape index (κ3) is 5.97. The molecule has 0 bridgehead atoms. The Hall–Kier alpha value is -3.09. The maximum absolute atomic E-state index is 13.0. The van der Waals surface area contributed by atoms with Gasteiger partial charge in [0.25, 0.3) is 5.91 Å². The molecular weight excluding hydrogens is 363 g/mol. The zero-order valence-electron chi connectivity index (χ0n) is 16.3. The molecule has 0 aliphatic carbocycles. The van der Waals surface area contributed by atoms with Crippen molar-refractivity contribution in [3.63, 3.8) is 0 Å². The van der Waals surface area contributed by atoms with E-state index in [9.17, 15) is 14.0 Å². The van der Waals surface area contributed by atoms with E-state index in [1.54, 1.807) is 37.4 Å². The molecule has 6 nitrogen and oxygen atoms in total. The lowest BCUT2D eigenvalue weighted by Gasteiger charge is -2.18. The Labute approximate surface area is 164 Å². The van der Waals surface area contributed by atoms with Crippen molar-refractivity contribution in [3.8, 4) is 11.5 Å². The molecule has 0 fully saturated rings. The minimum atomic E-state index is -0.382. The van der Waals surface area contributed by atoms with E-state index in [1.807, 2.05) is 13.8 Å². The van der Waals surface area contributed by atoms with Gasteiger partial charge in [-0.25, -0.2) is 4.39 Å². The standard InChI is InChI=1S/C21H25FN2O4/c1-4-27-18-11-8-16(12-19(18)28-5-2)21(26)23-13-20(25)24(3)14-15-6-9-17(22)10-7-15/h6-12H,4-5,13-14H2,1-3H3,(H,23,26). The van der Waals surface area contributed by atoms with Gasteiger partial charge in [-0.1, -0.05) is 12.1 Å². The fourth-order valence-corrected chi connectivity index (χ4v) is 2.54. The highest BCUT2D eigenvalue weighted by Crippen LogP contribution is 2.28. The summed E-state index contributed by atoms with van der Waals surface area (Å²) < 4.78 is 23.9. The summed E-state index contributed by atoms with van der Waals surface area (Å²) in [6, 6.07) is 10.8. The molecule has 0 aliphatic rings. The number of nitrogens with one attached hydrogen (secondary N) is 1. The Bertz CT molecular complexity index is 809. The molecule has 0 saturated carbocycles. The van der Waals surface area contributed by atoms with Crippen LogP contribution in [0.15, 0.2) is 42.5 Å². The van der Waals surface area contributed by atoms with Gasteiger partial charge in [0.15, 0.2) is 11.5 Å². The Balaban J connectivity index is 1.94. The normalized spacial score (nSPS) is 10.3. The van der Waals surface area contributed by atoms with Crippen LogP contribution in [0.3, 0.4) is 0 Å². The number of amides is 2. The molecule has 0 spiro atoms. The minimum absolute atomic E-state index is 0.145. The number of likely N-dealkylation sites (N-methyl/N-ethyl adjacent to an activating group) is 1. The van der Waals surface area contributed by atoms with Crippen LogP contribution in [-0.2, 0) is 11.3 Å². The van der Waals surface area contributed by atoms with Gasteiger partial charge in [-0.2, -0.15) is 0 Å². The molecule has 1 N–H and O–H groups in total.